The normalized spacial score (nSPS) is 9.94. The van der Waals surface area contributed by atoms with E-state index < -0.39 is 0 Å². The Morgan fingerprint density at radius 2 is 2.12 bits per heavy atom. The number of thiocarbonyl (C=S) groups is 1. The Morgan fingerprint density at radius 1 is 1.29 bits per heavy atom. The third-order valence-electron chi connectivity index (χ3n) is 2.18. The maximum atomic E-state index is 5.63. The van der Waals surface area contributed by atoms with Crippen molar-refractivity contribution in [2.24, 2.45) is 5.73 Å². The molecule has 0 aromatic carbocycles. The maximum Gasteiger partial charge on any atom is 0.148 e. The van der Waals surface area contributed by atoms with Crippen LogP contribution in [0.1, 0.15) is 11.4 Å². The SMILES string of the molecule is Cc1ncccc1Oc1ccc(C(N)=S)nc1. The van der Waals surface area contributed by atoms with Crippen molar-refractivity contribution in [1.29, 1.82) is 0 Å². The molecule has 2 rings (SSSR count). The Hall–Kier alpha value is -2.01. The molecule has 2 aromatic rings. The van der Waals surface area contributed by atoms with Gasteiger partial charge in [0.2, 0.25) is 0 Å². The summed E-state index contributed by atoms with van der Waals surface area (Å²) in [5.74, 6) is 1.33. The number of nitrogens with zero attached hydrogens (tertiary/aromatic N) is 2. The largest absolute Gasteiger partial charge is 0.454 e. The van der Waals surface area contributed by atoms with E-state index in [1.165, 1.54) is 0 Å². The van der Waals surface area contributed by atoms with E-state index in [1.54, 1.807) is 24.5 Å². The molecule has 5 heteroatoms. The number of aromatic nitrogens is 2. The molecule has 17 heavy (non-hydrogen) atoms. The van der Waals surface area contributed by atoms with Crippen LogP contribution in [0.4, 0.5) is 0 Å². The predicted molar refractivity (Wildman–Crippen MR) is 69.2 cm³/mol. The van der Waals surface area contributed by atoms with Crippen LogP contribution in [-0.4, -0.2) is 15.0 Å². The van der Waals surface area contributed by atoms with Crippen LogP contribution in [0.25, 0.3) is 0 Å². The summed E-state index contributed by atoms with van der Waals surface area (Å²) in [4.78, 5) is 8.50. The molecular weight excluding hydrogens is 234 g/mol. The molecule has 0 saturated carbocycles. The van der Waals surface area contributed by atoms with Crippen molar-refractivity contribution in [3.63, 3.8) is 0 Å². The lowest BCUT2D eigenvalue weighted by atomic mass is 10.3. The summed E-state index contributed by atoms with van der Waals surface area (Å²) in [6, 6.07) is 7.17. The molecule has 0 radical (unpaired) electrons. The summed E-state index contributed by atoms with van der Waals surface area (Å²) in [5, 5.41) is 0. The highest BCUT2D eigenvalue weighted by Gasteiger charge is 2.03. The van der Waals surface area contributed by atoms with Gasteiger partial charge in [0, 0.05) is 6.20 Å². The van der Waals surface area contributed by atoms with Gasteiger partial charge in [-0.1, -0.05) is 12.2 Å². The molecule has 0 aliphatic rings. The maximum absolute atomic E-state index is 5.63. The van der Waals surface area contributed by atoms with Crippen LogP contribution >= 0.6 is 12.2 Å². The van der Waals surface area contributed by atoms with Gasteiger partial charge >= 0.3 is 0 Å². The molecule has 0 aliphatic carbocycles. The summed E-state index contributed by atoms with van der Waals surface area (Å²) in [5.41, 5.74) is 6.86. The molecule has 0 aliphatic heterocycles. The van der Waals surface area contributed by atoms with Crippen molar-refractivity contribution in [2.45, 2.75) is 6.92 Å². The fourth-order valence-electron chi connectivity index (χ4n) is 1.29. The van der Waals surface area contributed by atoms with Crippen LogP contribution in [0.5, 0.6) is 11.5 Å². The zero-order valence-electron chi connectivity index (χ0n) is 9.25. The minimum Gasteiger partial charge on any atom is -0.454 e. The molecule has 0 amide bonds. The lowest BCUT2D eigenvalue weighted by molar-refractivity contribution is 0.473. The van der Waals surface area contributed by atoms with E-state index in [0.717, 1.165) is 5.69 Å². The highest BCUT2D eigenvalue weighted by molar-refractivity contribution is 7.80. The molecule has 86 valence electrons. The molecule has 0 fully saturated rings. The summed E-state index contributed by atoms with van der Waals surface area (Å²) in [6.45, 7) is 1.88. The molecule has 0 bridgehead atoms. The van der Waals surface area contributed by atoms with Crippen LogP contribution in [0.3, 0.4) is 0 Å². The first-order chi connectivity index (χ1) is 8.16. The van der Waals surface area contributed by atoms with Crippen molar-refractivity contribution < 1.29 is 4.74 Å². The molecule has 2 heterocycles. The van der Waals surface area contributed by atoms with Gasteiger partial charge in [-0.3, -0.25) is 4.98 Å². The Labute approximate surface area is 104 Å². The fraction of sp³-hybridized carbons (Fsp3) is 0.0833. The number of hydrogen-bond acceptors (Lipinski definition) is 4. The zero-order chi connectivity index (χ0) is 12.3. The average Bonchev–Trinajstić information content (AvgIpc) is 2.33. The highest BCUT2D eigenvalue weighted by Crippen LogP contribution is 2.22. The topological polar surface area (TPSA) is 61.0 Å². The Morgan fingerprint density at radius 3 is 2.71 bits per heavy atom. The first-order valence-electron chi connectivity index (χ1n) is 5.02. The molecule has 0 unspecified atom stereocenters. The quantitative estimate of drug-likeness (QED) is 0.840. The van der Waals surface area contributed by atoms with Gasteiger partial charge in [-0.05, 0) is 31.2 Å². The standard InChI is InChI=1S/C12H11N3OS/c1-8-11(3-2-6-14-8)16-9-4-5-10(12(13)17)15-7-9/h2-7H,1H3,(H2,13,17). The second-order valence-electron chi connectivity index (χ2n) is 3.43. The van der Waals surface area contributed by atoms with Crippen LogP contribution in [-0.2, 0) is 0 Å². The molecule has 4 nitrogen and oxygen atoms in total. The lowest BCUT2D eigenvalue weighted by Crippen LogP contribution is -2.10. The van der Waals surface area contributed by atoms with Crippen molar-refractivity contribution in [1.82, 2.24) is 9.97 Å². The van der Waals surface area contributed by atoms with Crippen LogP contribution < -0.4 is 10.5 Å². The van der Waals surface area contributed by atoms with Gasteiger partial charge in [-0.25, -0.2) is 4.98 Å². The van der Waals surface area contributed by atoms with E-state index in [-0.39, 0.29) is 4.99 Å². The molecule has 2 aromatic heterocycles. The minimum absolute atomic E-state index is 0.272. The summed E-state index contributed by atoms with van der Waals surface area (Å²) < 4.78 is 5.63. The van der Waals surface area contributed by atoms with E-state index in [9.17, 15) is 0 Å². The fourth-order valence-corrected chi connectivity index (χ4v) is 1.41. The highest BCUT2D eigenvalue weighted by atomic mass is 32.1. The third-order valence-corrected chi connectivity index (χ3v) is 2.38. The van der Waals surface area contributed by atoms with Gasteiger partial charge in [0.15, 0.2) is 0 Å². The average molecular weight is 245 g/mol. The van der Waals surface area contributed by atoms with Gasteiger partial charge in [0.25, 0.3) is 0 Å². The smallest absolute Gasteiger partial charge is 0.148 e. The van der Waals surface area contributed by atoms with E-state index >= 15 is 0 Å². The Bertz CT molecular complexity index is 540. The summed E-state index contributed by atoms with van der Waals surface area (Å²) in [7, 11) is 0. The number of pyridine rings is 2. The van der Waals surface area contributed by atoms with Crippen LogP contribution in [0, 0.1) is 6.92 Å². The zero-order valence-corrected chi connectivity index (χ0v) is 10.1. The monoisotopic (exact) mass is 245 g/mol. The van der Waals surface area contributed by atoms with Gasteiger partial charge in [0.05, 0.1) is 17.6 Å². The second-order valence-corrected chi connectivity index (χ2v) is 3.87. The van der Waals surface area contributed by atoms with E-state index in [0.29, 0.717) is 17.2 Å². The summed E-state index contributed by atoms with van der Waals surface area (Å²) >= 11 is 4.82. The Kier molecular flexibility index (Phi) is 3.30. The van der Waals surface area contributed by atoms with Crippen molar-refractivity contribution in [3.8, 4) is 11.5 Å². The molecule has 0 spiro atoms. The van der Waals surface area contributed by atoms with E-state index in [1.807, 2.05) is 19.1 Å². The van der Waals surface area contributed by atoms with Crippen molar-refractivity contribution in [2.75, 3.05) is 0 Å². The first kappa shape index (κ1) is 11.5. The summed E-state index contributed by atoms with van der Waals surface area (Å²) in [6.07, 6.45) is 3.30. The molecule has 2 N–H and O–H groups in total. The van der Waals surface area contributed by atoms with Crippen LogP contribution in [0.2, 0.25) is 0 Å². The van der Waals surface area contributed by atoms with Gasteiger partial charge in [0.1, 0.15) is 16.5 Å². The van der Waals surface area contributed by atoms with Gasteiger partial charge in [-0.2, -0.15) is 0 Å². The van der Waals surface area contributed by atoms with E-state index in [2.05, 4.69) is 9.97 Å². The van der Waals surface area contributed by atoms with Crippen LogP contribution in [0.15, 0.2) is 36.7 Å². The number of nitrogens with two attached hydrogens (primary N) is 1. The third kappa shape index (κ3) is 2.76. The van der Waals surface area contributed by atoms with Gasteiger partial charge < -0.3 is 10.5 Å². The van der Waals surface area contributed by atoms with E-state index in [4.69, 9.17) is 22.7 Å². The predicted octanol–water partition coefficient (Wildman–Crippen LogP) is 2.21. The second kappa shape index (κ2) is 4.88. The minimum atomic E-state index is 0.272. The lowest BCUT2D eigenvalue weighted by Gasteiger charge is -2.07. The van der Waals surface area contributed by atoms with Gasteiger partial charge in [-0.15, -0.1) is 0 Å². The van der Waals surface area contributed by atoms with Crippen molar-refractivity contribution in [3.05, 3.63) is 48.0 Å². The number of hydrogen-bond donors (Lipinski definition) is 1. The Balaban J connectivity index is 2.20. The molecular formula is C12H11N3OS. The first-order valence-corrected chi connectivity index (χ1v) is 5.43. The van der Waals surface area contributed by atoms with Crippen molar-refractivity contribution >= 4 is 17.2 Å². The molecule has 0 atom stereocenters. The molecule has 0 saturated heterocycles. The number of ether oxygens (including phenoxy) is 1. The number of aryl methyl sites for hydroxylation is 1. The number of rotatable bonds is 3.